The van der Waals surface area contributed by atoms with Crippen molar-refractivity contribution >= 4 is 17.5 Å². The van der Waals surface area contributed by atoms with Crippen LogP contribution in [0.25, 0.3) is 22.8 Å². The van der Waals surface area contributed by atoms with E-state index in [9.17, 15) is 9.59 Å². The molecule has 4 aromatic rings. The molecule has 0 saturated carbocycles. The highest BCUT2D eigenvalue weighted by Gasteiger charge is 2.34. The van der Waals surface area contributed by atoms with Crippen LogP contribution in [0, 0.1) is 12.8 Å². The third-order valence-electron chi connectivity index (χ3n) is 5.91. The van der Waals surface area contributed by atoms with Gasteiger partial charge in [-0.15, -0.1) is 0 Å². The maximum Gasteiger partial charge on any atom is 0.258 e. The quantitative estimate of drug-likeness (QED) is 0.458. The van der Waals surface area contributed by atoms with Crippen LogP contribution in [0.2, 0.25) is 0 Å². The molecule has 5 rings (SSSR count). The second-order valence-corrected chi connectivity index (χ2v) is 8.52. The Morgan fingerprint density at radius 3 is 2.59 bits per heavy atom. The summed E-state index contributed by atoms with van der Waals surface area (Å²) in [6.07, 6.45) is 0.210. The molecule has 0 radical (unpaired) electrons. The van der Waals surface area contributed by atoms with Crippen LogP contribution < -0.4 is 5.32 Å². The van der Waals surface area contributed by atoms with Crippen molar-refractivity contribution in [2.45, 2.75) is 19.9 Å². The lowest BCUT2D eigenvalue weighted by Gasteiger charge is -2.17. The van der Waals surface area contributed by atoms with E-state index < -0.39 is 5.92 Å². The highest BCUT2D eigenvalue weighted by Crippen LogP contribution is 2.26. The number of aromatic nitrogens is 2. The van der Waals surface area contributed by atoms with E-state index in [1.54, 1.807) is 17.0 Å². The Morgan fingerprint density at radius 1 is 1.03 bits per heavy atom. The summed E-state index contributed by atoms with van der Waals surface area (Å²) < 4.78 is 5.43. The zero-order valence-electron chi connectivity index (χ0n) is 18.8. The van der Waals surface area contributed by atoms with Gasteiger partial charge in [0.1, 0.15) is 0 Å². The van der Waals surface area contributed by atoms with Gasteiger partial charge in [-0.3, -0.25) is 9.59 Å². The van der Waals surface area contributed by atoms with Crippen LogP contribution in [-0.4, -0.2) is 33.4 Å². The zero-order chi connectivity index (χ0) is 23.5. The number of benzene rings is 3. The van der Waals surface area contributed by atoms with E-state index in [1.807, 2.05) is 73.7 Å². The maximum absolute atomic E-state index is 12.9. The van der Waals surface area contributed by atoms with Crippen LogP contribution in [0.5, 0.6) is 0 Å². The normalized spacial score (nSPS) is 15.5. The Morgan fingerprint density at radius 2 is 1.79 bits per heavy atom. The summed E-state index contributed by atoms with van der Waals surface area (Å²) in [5.41, 5.74) is 4.42. The first-order chi connectivity index (χ1) is 16.5. The molecule has 3 aromatic carbocycles. The number of carbonyl (C=O) groups is 2. The minimum atomic E-state index is -0.394. The molecule has 1 aromatic heterocycles. The molecule has 0 bridgehead atoms. The van der Waals surface area contributed by atoms with E-state index in [4.69, 9.17) is 4.52 Å². The van der Waals surface area contributed by atoms with Crippen molar-refractivity contribution in [1.82, 2.24) is 15.0 Å². The molecule has 1 atom stereocenters. The van der Waals surface area contributed by atoms with Gasteiger partial charge in [0.15, 0.2) is 0 Å². The fourth-order valence-electron chi connectivity index (χ4n) is 4.03. The summed E-state index contributed by atoms with van der Waals surface area (Å²) in [6.45, 7) is 2.95. The lowest BCUT2D eigenvalue weighted by molar-refractivity contribution is -0.128. The topological polar surface area (TPSA) is 88.3 Å². The number of likely N-dealkylation sites (tertiary alicyclic amines) is 1. The minimum absolute atomic E-state index is 0.00576. The smallest absolute Gasteiger partial charge is 0.258 e. The van der Waals surface area contributed by atoms with Crippen molar-refractivity contribution in [2.24, 2.45) is 5.92 Å². The molecule has 1 aliphatic rings. The summed E-state index contributed by atoms with van der Waals surface area (Å²) >= 11 is 0. The number of nitrogens with zero attached hydrogens (tertiary/aromatic N) is 3. The van der Waals surface area contributed by atoms with Crippen molar-refractivity contribution in [3.8, 4) is 22.8 Å². The molecule has 1 N–H and O–H groups in total. The number of rotatable bonds is 6. The first-order valence-electron chi connectivity index (χ1n) is 11.2. The van der Waals surface area contributed by atoms with Crippen molar-refractivity contribution in [3.63, 3.8) is 0 Å². The van der Waals surface area contributed by atoms with Gasteiger partial charge in [0.25, 0.3) is 5.89 Å². The van der Waals surface area contributed by atoms with Gasteiger partial charge in [-0.1, -0.05) is 71.4 Å². The molecule has 0 aliphatic carbocycles. The highest BCUT2D eigenvalue weighted by atomic mass is 16.5. The Hall–Kier alpha value is -4.26. The van der Waals surface area contributed by atoms with Gasteiger partial charge >= 0.3 is 0 Å². The van der Waals surface area contributed by atoms with Crippen LogP contribution in [0.3, 0.4) is 0 Å². The van der Waals surface area contributed by atoms with Gasteiger partial charge in [-0.25, -0.2) is 0 Å². The molecule has 0 unspecified atom stereocenters. The van der Waals surface area contributed by atoms with Crippen molar-refractivity contribution < 1.29 is 14.1 Å². The number of carbonyl (C=O) groups excluding carboxylic acids is 2. The molecular formula is C27H24N4O3. The Kier molecular flexibility index (Phi) is 5.91. The summed E-state index contributed by atoms with van der Waals surface area (Å²) in [6, 6.07) is 24.9. The van der Waals surface area contributed by atoms with Crippen LogP contribution in [0.4, 0.5) is 5.69 Å². The number of anilines is 1. The van der Waals surface area contributed by atoms with Gasteiger partial charge in [0.2, 0.25) is 17.6 Å². The number of hydrogen-bond acceptors (Lipinski definition) is 5. The fourth-order valence-corrected chi connectivity index (χ4v) is 4.03. The van der Waals surface area contributed by atoms with Crippen LogP contribution in [0.15, 0.2) is 83.4 Å². The third-order valence-corrected chi connectivity index (χ3v) is 5.91. The van der Waals surface area contributed by atoms with Gasteiger partial charge in [0.05, 0.1) is 5.92 Å². The van der Waals surface area contributed by atoms with Crippen LogP contribution in [0.1, 0.15) is 17.5 Å². The lowest BCUT2D eigenvalue weighted by atomic mass is 10.1. The monoisotopic (exact) mass is 452 g/mol. The minimum Gasteiger partial charge on any atom is -0.338 e. The molecular weight excluding hydrogens is 428 g/mol. The molecule has 1 fully saturated rings. The summed E-state index contributed by atoms with van der Waals surface area (Å²) in [4.78, 5) is 31.6. The number of nitrogens with one attached hydrogen (secondary N) is 1. The average molecular weight is 453 g/mol. The second-order valence-electron chi connectivity index (χ2n) is 8.52. The Labute approximate surface area is 197 Å². The molecule has 34 heavy (non-hydrogen) atoms. The third kappa shape index (κ3) is 4.73. The van der Waals surface area contributed by atoms with E-state index in [-0.39, 0.29) is 18.2 Å². The molecule has 1 aliphatic heterocycles. The molecule has 2 amide bonds. The number of hydrogen-bond donors (Lipinski definition) is 1. The fraction of sp³-hybridized carbons (Fsp3) is 0.185. The molecule has 1 saturated heterocycles. The van der Waals surface area contributed by atoms with Gasteiger partial charge in [0, 0.05) is 36.3 Å². The Bertz CT molecular complexity index is 1320. The van der Waals surface area contributed by atoms with Gasteiger partial charge in [-0.05, 0) is 30.7 Å². The average Bonchev–Trinajstić information content (AvgIpc) is 3.49. The van der Waals surface area contributed by atoms with E-state index >= 15 is 0 Å². The van der Waals surface area contributed by atoms with Crippen LogP contribution >= 0.6 is 0 Å². The molecule has 2 heterocycles. The van der Waals surface area contributed by atoms with E-state index in [0.29, 0.717) is 36.1 Å². The first kappa shape index (κ1) is 21.6. The SMILES string of the molecule is Cc1ccc(CN2C[C@@H](C(=O)Nc3cccc(-c4nc(-c5ccccc5)no4)c3)CC2=O)cc1. The van der Waals surface area contributed by atoms with Crippen molar-refractivity contribution in [3.05, 3.63) is 90.0 Å². The lowest BCUT2D eigenvalue weighted by Crippen LogP contribution is -2.28. The predicted octanol–water partition coefficient (Wildman–Crippen LogP) is 4.70. The maximum atomic E-state index is 12.9. The molecule has 7 heteroatoms. The number of aryl methyl sites for hydroxylation is 1. The second kappa shape index (κ2) is 9.31. The summed E-state index contributed by atoms with van der Waals surface area (Å²) in [7, 11) is 0. The molecule has 7 nitrogen and oxygen atoms in total. The first-order valence-corrected chi connectivity index (χ1v) is 11.2. The standard InChI is InChI=1S/C27H24N4O3/c1-18-10-12-19(13-11-18)16-31-17-22(15-24(31)32)26(33)28-23-9-5-8-21(14-23)27-29-25(30-34-27)20-6-3-2-4-7-20/h2-14,22H,15-17H2,1H3,(H,28,33)/t22-/m0/s1. The molecule has 170 valence electrons. The van der Waals surface area contributed by atoms with E-state index in [0.717, 1.165) is 11.1 Å². The van der Waals surface area contributed by atoms with Gasteiger partial charge < -0.3 is 14.7 Å². The summed E-state index contributed by atoms with van der Waals surface area (Å²) in [5.74, 6) is 0.300. The predicted molar refractivity (Wildman–Crippen MR) is 129 cm³/mol. The Balaban J connectivity index is 1.24. The van der Waals surface area contributed by atoms with Crippen molar-refractivity contribution in [2.75, 3.05) is 11.9 Å². The van der Waals surface area contributed by atoms with Gasteiger partial charge in [-0.2, -0.15) is 4.98 Å². The molecule has 0 spiro atoms. The zero-order valence-corrected chi connectivity index (χ0v) is 18.8. The van der Waals surface area contributed by atoms with Crippen LogP contribution in [-0.2, 0) is 16.1 Å². The van der Waals surface area contributed by atoms with Crippen molar-refractivity contribution in [1.29, 1.82) is 0 Å². The highest BCUT2D eigenvalue weighted by molar-refractivity contribution is 5.97. The number of amides is 2. The van der Waals surface area contributed by atoms with E-state index in [1.165, 1.54) is 5.56 Å². The largest absolute Gasteiger partial charge is 0.338 e. The summed E-state index contributed by atoms with van der Waals surface area (Å²) in [5, 5.41) is 6.99. The van der Waals surface area contributed by atoms with E-state index in [2.05, 4.69) is 15.5 Å².